The van der Waals surface area contributed by atoms with E-state index in [9.17, 15) is 0 Å². The molecule has 4 nitrogen and oxygen atoms in total. The summed E-state index contributed by atoms with van der Waals surface area (Å²) < 4.78 is 0.459. The van der Waals surface area contributed by atoms with Gasteiger partial charge < -0.3 is 5.11 Å². The maximum Gasteiger partial charge on any atom is 0.207 e. The summed E-state index contributed by atoms with van der Waals surface area (Å²) in [7, 11) is 1.92. The molecular formula is C7H12ClN3OS. The van der Waals surface area contributed by atoms with E-state index in [-0.39, 0.29) is 6.10 Å². The zero-order chi connectivity index (χ0) is 9.84. The Bertz CT molecular complexity index is 266. The van der Waals surface area contributed by atoms with Gasteiger partial charge in [-0.1, -0.05) is 11.3 Å². The first kappa shape index (κ1) is 10.8. The smallest absolute Gasteiger partial charge is 0.207 e. The molecule has 0 aliphatic heterocycles. The van der Waals surface area contributed by atoms with Crippen LogP contribution in [-0.2, 0) is 6.54 Å². The Morgan fingerprint density at radius 1 is 1.62 bits per heavy atom. The summed E-state index contributed by atoms with van der Waals surface area (Å²) in [5.41, 5.74) is 0. The average molecular weight is 222 g/mol. The average Bonchev–Trinajstić information content (AvgIpc) is 2.33. The van der Waals surface area contributed by atoms with Crippen molar-refractivity contribution in [3.63, 3.8) is 0 Å². The van der Waals surface area contributed by atoms with E-state index in [0.29, 0.717) is 17.6 Å². The number of likely N-dealkylation sites (N-methyl/N-ethyl adjacent to an activating group) is 1. The molecule has 1 rings (SSSR count). The van der Waals surface area contributed by atoms with Crippen molar-refractivity contribution in [2.75, 3.05) is 13.6 Å². The van der Waals surface area contributed by atoms with Crippen molar-refractivity contribution < 1.29 is 5.11 Å². The molecule has 1 heterocycles. The zero-order valence-corrected chi connectivity index (χ0v) is 9.14. The van der Waals surface area contributed by atoms with E-state index in [1.54, 1.807) is 6.92 Å². The lowest BCUT2D eigenvalue weighted by Gasteiger charge is -2.15. The fraction of sp³-hybridized carbons (Fsp3) is 0.714. The van der Waals surface area contributed by atoms with Gasteiger partial charge in [0.25, 0.3) is 0 Å². The van der Waals surface area contributed by atoms with Crippen LogP contribution in [0, 0.1) is 0 Å². The monoisotopic (exact) mass is 221 g/mol. The molecule has 1 aromatic heterocycles. The number of nitrogens with zero attached hydrogens (tertiary/aromatic N) is 3. The summed E-state index contributed by atoms with van der Waals surface area (Å²) in [6.45, 7) is 3.05. The Morgan fingerprint density at radius 3 is 2.77 bits per heavy atom. The van der Waals surface area contributed by atoms with Crippen molar-refractivity contribution in [3.05, 3.63) is 9.47 Å². The third-order valence-electron chi connectivity index (χ3n) is 1.42. The topological polar surface area (TPSA) is 49.2 Å². The Balaban J connectivity index is 2.40. The molecule has 1 N–H and O–H groups in total. The second-order valence-corrected chi connectivity index (χ2v) is 4.64. The molecule has 1 unspecified atom stereocenters. The summed E-state index contributed by atoms with van der Waals surface area (Å²) in [4.78, 5) is 1.97. The van der Waals surface area contributed by atoms with E-state index < -0.39 is 0 Å². The van der Waals surface area contributed by atoms with Gasteiger partial charge in [0.2, 0.25) is 4.47 Å². The number of aliphatic hydroxyl groups excluding tert-OH is 1. The Labute approximate surface area is 86.2 Å². The molecular weight excluding hydrogens is 210 g/mol. The first-order chi connectivity index (χ1) is 6.08. The largest absolute Gasteiger partial charge is 0.392 e. The maximum absolute atomic E-state index is 9.11. The predicted molar refractivity (Wildman–Crippen MR) is 52.9 cm³/mol. The van der Waals surface area contributed by atoms with Crippen molar-refractivity contribution in [1.82, 2.24) is 15.1 Å². The van der Waals surface area contributed by atoms with Crippen LogP contribution in [0.3, 0.4) is 0 Å². The normalized spacial score (nSPS) is 13.6. The highest BCUT2D eigenvalue weighted by molar-refractivity contribution is 7.15. The number of hydrogen-bond acceptors (Lipinski definition) is 5. The number of halogens is 1. The van der Waals surface area contributed by atoms with E-state index in [2.05, 4.69) is 10.2 Å². The number of rotatable bonds is 4. The number of hydrogen-bond donors (Lipinski definition) is 1. The second-order valence-electron chi connectivity index (χ2n) is 2.99. The minimum Gasteiger partial charge on any atom is -0.392 e. The van der Waals surface area contributed by atoms with Crippen molar-refractivity contribution in [2.24, 2.45) is 0 Å². The summed E-state index contributed by atoms with van der Waals surface area (Å²) in [6.07, 6.45) is -0.326. The van der Waals surface area contributed by atoms with Crippen molar-refractivity contribution in [2.45, 2.75) is 19.6 Å². The van der Waals surface area contributed by atoms with Gasteiger partial charge in [0, 0.05) is 6.54 Å². The molecule has 0 aromatic carbocycles. The second kappa shape index (κ2) is 4.85. The van der Waals surface area contributed by atoms with Crippen LogP contribution < -0.4 is 0 Å². The van der Waals surface area contributed by atoms with Gasteiger partial charge in [-0.25, -0.2) is 0 Å². The summed E-state index contributed by atoms with van der Waals surface area (Å²) in [5, 5.41) is 17.5. The summed E-state index contributed by atoms with van der Waals surface area (Å²) in [5.74, 6) is 0. The van der Waals surface area contributed by atoms with Gasteiger partial charge in [-0.3, -0.25) is 4.90 Å². The lowest BCUT2D eigenvalue weighted by molar-refractivity contribution is 0.138. The summed E-state index contributed by atoms with van der Waals surface area (Å²) >= 11 is 6.99. The van der Waals surface area contributed by atoms with Crippen LogP contribution in [0.5, 0.6) is 0 Å². The van der Waals surface area contributed by atoms with Gasteiger partial charge in [-0.15, -0.1) is 10.2 Å². The lowest BCUT2D eigenvalue weighted by atomic mass is 10.4. The Morgan fingerprint density at radius 2 is 2.31 bits per heavy atom. The molecule has 13 heavy (non-hydrogen) atoms. The van der Waals surface area contributed by atoms with Crippen LogP contribution >= 0.6 is 22.9 Å². The molecule has 0 saturated carbocycles. The van der Waals surface area contributed by atoms with E-state index in [1.807, 2.05) is 11.9 Å². The third-order valence-corrected chi connectivity index (χ3v) is 2.43. The number of aromatic nitrogens is 2. The molecule has 0 fully saturated rings. The van der Waals surface area contributed by atoms with Gasteiger partial charge in [0.05, 0.1) is 12.6 Å². The van der Waals surface area contributed by atoms with E-state index in [4.69, 9.17) is 16.7 Å². The summed E-state index contributed by atoms with van der Waals surface area (Å²) in [6, 6.07) is 0. The van der Waals surface area contributed by atoms with Crippen LogP contribution in [0.4, 0.5) is 0 Å². The lowest BCUT2D eigenvalue weighted by Crippen LogP contribution is -2.26. The highest BCUT2D eigenvalue weighted by atomic mass is 35.5. The van der Waals surface area contributed by atoms with Crippen LogP contribution in [0.25, 0.3) is 0 Å². The minimum atomic E-state index is -0.326. The third kappa shape index (κ3) is 3.99. The van der Waals surface area contributed by atoms with Crippen LogP contribution in [-0.4, -0.2) is 39.9 Å². The number of aliphatic hydroxyl groups is 1. The molecule has 0 aliphatic carbocycles. The molecule has 0 bridgehead atoms. The van der Waals surface area contributed by atoms with Gasteiger partial charge in [0.15, 0.2) is 0 Å². The highest BCUT2D eigenvalue weighted by Gasteiger charge is 2.07. The quantitative estimate of drug-likeness (QED) is 0.825. The van der Waals surface area contributed by atoms with E-state index in [0.717, 1.165) is 5.01 Å². The predicted octanol–water partition coefficient (Wildman–Crippen LogP) is 1.00. The van der Waals surface area contributed by atoms with Crippen molar-refractivity contribution in [1.29, 1.82) is 0 Å². The molecule has 0 saturated heterocycles. The van der Waals surface area contributed by atoms with Crippen molar-refractivity contribution >= 4 is 22.9 Å². The van der Waals surface area contributed by atoms with Crippen LogP contribution in [0.15, 0.2) is 0 Å². The molecule has 0 radical (unpaired) electrons. The Kier molecular flexibility index (Phi) is 4.05. The molecule has 0 amide bonds. The maximum atomic E-state index is 9.11. The van der Waals surface area contributed by atoms with Crippen LogP contribution in [0.2, 0.25) is 4.47 Å². The first-order valence-electron chi connectivity index (χ1n) is 3.92. The Hall–Kier alpha value is -0.230. The standard InChI is InChI=1S/C7H12ClN3OS/c1-5(12)3-11(2)4-6-9-10-7(8)13-6/h5,12H,3-4H2,1-2H3. The molecule has 1 atom stereocenters. The fourth-order valence-corrected chi connectivity index (χ4v) is 1.99. The minimum absolute atomic E-state index is 0.326. The van der Waals surface area contributed by atoms with Crippen molar-refractivity contribution in [3.8, 4) is 0 Å². The van der Waals surface area contributed by atoms with Gasteiger partial charge in [0.1, 0.15) is 5.01 Å². The molecule has 0 aliphatic rings. The molecule has 1 aromatic rings. The van der Waals surface area contributed by atoms with Gasteiger partial charge >= 0.3 is 0 Å². The molecule has 6 heteroatoms. The molecule has 0 spiro atoms. The van der Waals surface area contributed by atoms with E-state index in [1.165, 1.54) is 11.3 Å². The highest BCUT2D eigenvalue weighted by Crippen LogP contribution is 2.15. The van der Waals surface area contributed by atoms with E-state index >= 15 is 0 Å². The molecule has 74 valence electrons. The SMILES string of the molecule is CC(O)CN(C)Cc1nnc(Cl)s1. The first-order valence-corrected chi connectivity index (χ1v) is 5.12. The van der Waals surface area contributed by atoms with Crippen LogP contribution in [0.1, 0.15) is 11.9 Å². The fourth-order valence-electron chi connectivity index (χ4n) is 1.04. The zero-order valence-electron chi connectivity index (χ0n) is 7.57. The van der Waals surface area contributed by atoms with Gasteiger partial charge in [-0.2, -0.15) is 0 Å². The van der Waals surface area contributed by atoms with Gasteiger partial charge in [-0.05, 0) is 25.6 Å².